The maximum atomic E-state index is 6.26. The third-order valence-electron chi connectivity index (χ3n) is 4.11. The lowest BCUT2D eigenvalue weighted by Crippen LogP contribution is -2.32. The van der Waals surface area contributed by atoms with Gasteiger partial charge in [-0.15, -0.1) is 0 Å². The van der Waals surface area contributed by atoms with Gasteiger partial charge in [-0.1, -0.05) is 29.8 Å². The van der Waals surface area contributed by atoms with E-state index in [1.165, 1.54) is 0 Å². The van der Waals surface area contributed by atoms with Gasteiger partial charge in [0, 0.05) is 23.5 Å². The van der Waals surface area contributed by atoms with Crippen molar-refractivity contribution in [3.63, 3.8) is 0 Å². The molecule has 6 heteroatoms. The maximum absolute atomic E-state index is 6.26. The molecule has 5 nitrogen and oxygen atoms in total. The lowest BCUT2D eigenvalue weighted by Gasteiger charge is -2.22. The molecule has 0 spiro atoms. The second-order valence-corrected chi connectivity index (χ2v) is 6.31. The molecular formula is C19H18ClN3O2. The van der Waals surface area contributed by atoms with Gasteiger partial charge >= 0.3 is 0 Å². The van der Waals surface area contributed by atoms with E-state index in [9.17, 15) is 0 Å². The molecule has 0 aliphatic carbocycles. The monoisotopic (exact) mass is 355 g/mol. The fraction of sp³-hybridized carbons (Fsp3) is 0.263. The predicted octanol–water partition coefficient (Wildman–Crippen LogP) is 3.68. The van der Waals surface area contributed by atoms with Crippen molar-refractivity contribution in [1.82, 2.24) is 14.8 Å². The first-order valence-electron chi connectivity index (χ1n) is 8.24. The van der Waals surface area contributed by atoms with Crippen molar-refractivity contribution in [2.45, 2.75) is 12.6 Å². The molecule has 1 aromatic carbocycles. The minimum atomic E-state index is 0.0557. The van der Waals surface area contributed by atoms with Gasteiger partial charge in [-0.05, 0) is 24.3 Å². The summed E-state index contributed by atoms with van der Waals surface area (Å²) in [5.74, 6) is 0. The van der Waals surface area contributed by atoms with Crippen LogP contribution >= 0.6 is 11.6 Å². The molecule has 0 saturated carbocycles. The Bertz CT molecular complexity index is 859. The summed E-state index contributed by atoms with van der Waals surface area (Å²) in [6.07, 6.45) is 3.77. The number of rotatable bonds is 4. The van der Waals surface area contributed by atoms with Crippen LogP contribution in [0.15, 0.2) is 54.9 Å². The van der Waals surface area contributed by atoms with E-state index in [2.05, 4.69) is 16.1 Å². The molecule has 4 rings (SSSR count). The topological polar surface area (TPSA) is 49.2 Å². The van der Waals surface area contributed by atoms with Gasteiger partial charge in [0.2, 0.25) is 0 Å². The molecule has 0 N–H and O–H groups in total. The second kappa shape index (κ2) is 7.35. The Labute approximate surface area is 151 Å². The Morgan fingerprint density at radius 3 is 2.88 bits per heavy atom. The molecule has 1 atom stereocenters. The van der Waals surface area contributed by atoms with Crippen LogP contribution in [0.5, 0.6) is 0 Å². The number of ether oxygens (including phenoxy) is 2. The van der Waals surface area contributed by atoms with E-state index in [-0.39, 0.29) is 6.10 Å². The first kappa shape index (κ1) is 16.3. The smallest absolute Gasteiger partial charge is 0.100 e. The molecule has 1 aliphatic heterocycles. The fourth-order valence-electron chi connectivity index (χ4n) is 2.89. The van der Waals surface area contributed by atoms with Crippen LogP contribution in [0, 0.1) is 0 Å². The summed E-state index contributed by atoms with van der Waals surface area (Å²) in [5.41, 5.74) is 3.68. The molecule has 1 aliphatic rings. The second-order valence-electron chi connectivity index (χ2n) is 5.91. The molecule has 3 aromatic rings. The SMILES string of the molecule is Clc1cccnc1-c1cccc(-c2ccn(C[C@@H]3COCCO3)n2)c1. The lowest BCUT2D eigenvalue weighted by atomic mass is 10.1. The maximum Gasteiger partial charge on any atom is 0.100 e. The molecule has 0 bridgehead atoms. The average molecular weight is 356 g/mol. The summed E-state index contributed by atoms with van der Waals surface area (Å²) in [7, 11) is 0. The lowest BCUT2D eigenvalue weighted by molar-refractivity contribution is -0.0946. The number of nitrogens with zero attached hydrogens (tertiary/aromatic N) is 3. The van der Waals surface area contributed by atoms with Crippen LogP contribution in [0.25, 0.3) is 22.5 Å². The van der Waals surface area contributed by atoms with Gasteiger partial charge in [-0.2, -0.15) is 5.10 Å². The number of halogens is 1. The Morgan fingerprint density at radius 2 is 2.04 bits per heavy atom. The van der Waals surface area contributed by atoms with Crippen LogP contribution in [0.1, 0.15) is 0 Å². The minimum absolute atomic E-state index is 0.0557. The highest BCUT2D eigenvalue weighted by Gasteiger charge is 2.15. The molecule has 1 saturated heterocycles. The van der Waals surface area contributed by atoms with Crippen LogP contribution < -0.4 is 0 Å². The number of hydrogen-bond donors (Lipinski definition) is 0. The van der Waals surface area contributed by atoms with E-state index in [0.29, 0.717) is 31.4 Å². The van der Waals surface area contributed by atoms with Crippen LogP contribution in [-0.4, -0.2) is 40.7 Å². The highest BCUT2D eigenvalue weighted by Crippen LogP contribution is 2.28. The summed E-state index contributed by atoms with van der Waals surface area (Å²) in [5, 5.41) is 5.30. The normalized spacial score (nSPS) is 17.6. The third kappa shape index (κ3) is 3.74. The first-order chi connectivity index (χ1) is 12.3. The quantitative estimate of drug-likeness (QED) is 0.716. The molecule has 25 heavy (non-hydrogen) atoms. The third-order valence-corrected chi connectivity index (χ3v) is 4.41. The van der Waals surface area contributed by atoms with Crippen molar-refractivity contribution in [2.24, 2.45) is 0 Å². The van der Waals surface area contributed by atoms with Gasteiger partial charge in [0.25, 0.3) is 0 Å². The van der Waals surface area contributed by atoms with Crippen molar-refractivity contribution in [3.05, 3.63) is 59.9 Å². The summed E-state index contributed by atoms with van der Waals surface area (Å²) < 4.78 is 13.0. The van der Waals surface area contributed by atoms with Crippen molar-refractivity contribution in [2.75, 3.05) is 19.8 Å². The van der Waals surface area contributed by atoms with Gasteiger partial charge in [-0.3, -0.25) is 9.67 Å². The van der Waals surface area contributed by atoms with Crippen LogP contribution in [0.4, 0.5) is 0 Å². The molecule has 0 unspecified atom stereocenters. The average Bonchev–Trinajstić information content (AvgIpc) is 3.12. The zero-order valence-electron chi connectivity index (χ0n) is 13.6. The van der Waals surface area contributed by atoms with E-state index in [4.69, 9.17) is 21.1 Å². The van der Waals surface area contributed by atoms with Crippen LogP contribution in [0.2, 0.25) is 5.02 Å². The number of benzene rings is 1. The van der Waals surface area contributed by atoms with Crippen molar-refractivity contribution >= 4 is 11.6 Å². The number of aromatic nitrogens is 3. The summed E-state index contributed by atoms with van der Waals surface area (Å²) in [4.78, 5) is 4.38. The van der Waals surface area contributed by atoms with Crippen molar-refractivity contribution in [1.29, 1.82) is 0 Å². The van der Waals surface area contributed by atoms with E-state index in [0.717, 1.165) is 22.5 Å². The summed E-state index contributed by atoms with van der Waals surface area (Å²) in [6, 6.07) is 13.8. The molecule has 3 heterocycles. The fourth-order valence-corrected chi connectivity index (χ4v) is 3.12. The van der Waals surface area contributed by atoms with Gasteiger partial charge in [0.1, 0.15) is 6.10 Å². The van der Waals surface area contributed by atoms with Gasteiger partial charge < -0.3 is 9.47 Å². The Morgan fingerprint density at radius 1 is 1.12 bits per heavy atom. The largest absolute Gasteiger partial charge is 0.376 e. The van der Waals surface area contributed by atoms with Gasteiger partial charge in [0.05, 0.1) is 42.8 Å². The van der Waals surface area contributed by atoms with Gasteiger partial charge in [-0.25, -0.2) is 0 Å². The Hall–Kier alpha value is -2.21. The minimum Gasteiger partial charge on any atom is -0.376 e. The van der Waals surface area contributed by atoms with Crippen LogP contribution in [-0.2, 0) is 16.0 Å². The molecule has 0 radical (unpaired) electrons. The summed E-state index contributed by atoms with van der Waals surface area (Å²) >= 11 is 6.26. The molecular weight excluding hydrogens is 338 g/mol. The van der Waals surface area contributed by atoms with E-state index < -0.39 is 0 Å². The van der Waals surface area contributed by atoms with Crippen molar-refractivity contribution < 1.29 is 9.47 Å². The first-order valence-corrected chi connectivity index (χ1v) is 8.61. The Kier molecular flexibility index (Phi) is 4.78. The zero-order valence-corrected chi connectivity index (χ0v) is 14.4. The zero-order chi connectivity index (χ0) is 17.1. The molecule has 2 aromatic heterocycles. The number of hydrogen-bond acceptors (Lipinski definition) is 4. The molecule has 0 amide bonds. The Balaban J connectivity index is 1.56. The van der Waals surface area contributed by atoms with E-state index in [1.807, 2.05) is 47.3 Å². The summed E-state index contributed by atoms with van der Waals surface area (Å²) in [6.45, 7) is 2.62. The highest BCUT2D eigenvalue weighted by atomic mass is 35.5. The predicted molar refractivity (Wildman–Crippen MR) is 96.5 cm³/mol. The van der Waals surface area contributed by atoms with E-state index in [1.54, 1.807) is 6.20 Å². The number of pyridine rings is 1. The van der Waals surface area contributed by atoms with E-state index >= 15 is 0 Å². The standard InChI is InChI=1S/C19H18ClN3O2/c20-17-5-2-7-21-19(17)15-4-1-3-14(11-15)18-6-8-23(22-18)12-16-13-24-9-10-25-16/h1-8,11,16H,9-10,12-13H2/t16-/m1/s1. The molecule has 128 valence electrons. The highest BCUT2D eigenvalue weighted by molar-refractivity contribution is 6.33. The van der Waals surface area contributed by atoms with Crippen molar-refractivity contribution in [3.8, 4) is 22.5 Å². The molecule has 1 fully saturated rings. The van der Waals surface area contributed by atoms with Crippen LogP contribution in [0.3, 0.4) is 0 Å². The van der Waals surface area contributed by atoms with Gasteiger partial charge in [0.15, 0.2) is 0 Å².